The second-order valence-electron chi connectivity index (χ2n) is 5.97. The molecule has 0 unspecified atom stereocenters. The molecule has 2 aromatic carbocycles. The Labute approximate surface area is 155 Å². The van der Waals surface area contributed by atoms with Gasteiger partial charge < -0.3 is 10.2 Å². The molecular formula is C19H20FN3O4. The topological polar surface area (TPSA) is 92.6 Å². The number of amides is 2. The highest BCUT2D eigenvalue weighted by atomic mass is 19.1. The van der Waals surface area contributed by atoms with Gasteiger partial charge in [0.1, 0.15) is 11.9 Å². The predicted molar refractivity (Wildman–Crippen MR) is 97.3 cm³/mol. The molecule has 2 aromatic rings. The van der Waals surface area contributed by atoms with Crippen molar-refractivity contribution in [1.82, 2.24) is 10.2 Å². The molecule has 0 aromatic heterocycles. The Morgan fingerprint density at radius 1 is 1.15 bits per heavy atom. The summed E-state index contributed by atoms with van der Waals surface area (Å²) < 4.78 is 14.0. The van der Waals surface area contributed by atoms with Crippen LogP contribution in [0, 0.1) is 15.9 Å². The Morgan fingerprint density at radius 2 is 1.74 bits per heavy atom. The number of hydrogen-bond donors (Lipinski definition) is 1. The van der Waals surface area contributed by atoms with Gasteiger partial charge in [0.25, 0.3) is 5.69 Å². The van der Waals surface area contributed by atoms with Crippen molar-refractivity contribution in [3.8, 4) is 0 Å². The molecule has 0 radical (unpaired) electrons. The molecule has 0 bridgehead atoms. The standard InChI is InChI=1S/C19H20FN3O4/c1-13(19(25)21-2)22(12-15-8-3-5-9-16(15)20)18(24)11-14-7-4-6-10-17(14)23(26)27/h3-10,13H,11-12H2,1-2H3,(H,21,25)/t13-/m0/s1. The van der Waals surface area contributed by atoms with Crippen molar-refractivity contribution < 1.29 is 18.9 Å². The Hall–Kier alpha value is -3.29. The van der Waals surface area contributed by atoms with Crippen LogP contribution in [0.15, 0.2) is 48.5 Å². The molecule has 1 atom stereocenters. The van der Waals surface area contributed by atoms with Gasteiger partial charge in [-0.25, -0.2) is 4.39 Å². The van der Waals surface area contributed by atoms with Crippen molar-refractivity contribution in [2.45, 2.75) is 25.9 Å². The molecule has 0 fully saturated rings. The molecule has 1 N–H and O–H groups in total. The fourth-order valence-corrected chi connectivity index (χ4v) is 2.70. The van der Waals surface area contributed by atoms with Gasteiger partial charge >= 0.3 is 0 Å². The Kier molecular flexibility index (Phi) is 6.59. The van der Waals surface area contributed by atoms with E-state index in [1.807, 2.05) is 0 Å². The lowest BCUT2D eigenvalue weighted by atomic mass is 10.1. The number of carbonyl (C=O) groups is 2. The van der Waals surface area contributed by atoms with Crippen LogP contribution in [0.3, 0.4) is 0 Å². The van der Waals surface area contributed by atoms with E-state index >= 15 is 0 Å². The molecule has 0 spiro atoms. The molecule has 27 heavy (non-hydrogen) atoms. The first kappa shape index (κ1) is 20.0. The van der Waals surface area contributed by atoms with E-state index < -0.39 is 28.6 Å². The van der Waals surface area contributed by atoms with Gasteiger partial charge in [0, 0.05) is 30.8 Å². The molecule has 2 rings (SSSR count). The van der Waals surface area contributed by atoms with Gasteiger partial charge in [0.15, 0.2) is 0 Å². The Morgan fingerprint density at radius 3 is 2.33 bits per heavy atom. The monoisotopic (exact) mass is 373 g/mol. The zero-order chi connectivity index (χ0) is 20.0. The quantitative estimate of drug-likeness (QED) is 0.596. The van der Waals surface area contributed by atoms with Crippen LogP contribution in [0.1, 0.15) is 18.1 Å². The lowest BCUT2D eigenvalue weighted by Crippen LogP contribution is -2.47. The van der Waals surface area contributed by atoms with E-state index in [2.05, 4.69) is 5.32 Å². The largest absolute Gasteiger partial charge is 0.357 e. The van der Waals surface area contributed by atoms with Gasteiger partial charge in [0.05, 0.1) is 11.3 Å². The minimum absolute atomic E-state index is 0.124. The summed E-state index contributed by atoms with van der Waals surface area (Å²) in [6.45, 7) is 1.40. The van der Waals surface area contributed by atoms with Gasteiger partial charge in [0.2, 0.25) is 11.8 Å². The van der Waals surface area contributed by atoms with Gasteiger partial charge in [-0.3, -0.25) is 19.7 Å². The van der Waals surface area contributed by atoms with E-state index in [4.69, 9.17) is 0 Å². The summed E-state index contributed by atoms with van der Waals surface area (Å²) in [4.78, 5) is 36.7. The molecule has 0 aliphatic carbocycles. The summed E-state index contributed by atoms with van der Waals surface area (Å²) >= 11 is 0. The van der Waals surface area contributed by atoms with Crippen LogP contribution in [-0.4, -0.2) is 34.7 Å². The van der Waals surface area contributed by atoms with Crippen molar-refractivity contribution >= 4 is 17.5 Å². The maximum atomic E-state index is 14.0. The zero-order valence-corrected chi connectivity index (χ0v) is 15.0. The minimum Gasteiger partial charge on any atom is -0.357 e. The molecule has 8 heteroatoms. The van der Waals surface area contributed by atoms with Crippen LogP contribution in [0.2, 0.25) is 0 Å². The molecule has 7 nitrogen and oxygen atoms in total. The third kappa shape index (κ3) is 4.87. The molecule has 0 aliphatic rings. The average molecular weight is 373 g/mol. The highest BCUT2D eigenvalue weighted by molar-refractivity contribution is 5.88. The first-order valence-electron chi connectivity index (χ1n) is 8.32. The van der Waals surface area contributed by atoms with E-state index in [0.29, 0.717) is 0 Å². The van der Waals surface area contributed by atoms with Gasteiger partial charge in [-0.1, -0.05) is 36.4 Å². The number of nitrogens with zero attached hydrogens (tertiary/aromatic N) is 2. The first-order valence-corrected chi connectivity index (χ1v) is 8.32. The van der Waals surface area contributed by atoms with E-state index in [1.54, 1.807) is 12.1 Å². The molecule has 0 heterocycles. The summed E-state index contributed by atoms with van der Waals surface area (Å²) in [7, 11) is 1.44. The summed E-state index contributed by atoms with van der Waals surface area (Å²) in [5.74, 6) is -1.42. The summed E-state index contributed by atoms with van der Waals surface area (Å²) in [6.07, 6.45) is -0.271. The van der Waals surface area contributed by atoms with Crippen molar-refractivity contribution in [2.75, 3.05) is 7.05 Å². The smallest absolute Gasteiger partial charge is 0.273 e. The number of benzene rings is 2. The van der Waals surface area contributed by atoms with Crippen LogP contribution in [0.5, 0.6) is 0 Å². The maximum absolute atomic E-state index is 14.0. The molecule has 2 amide bonds. The number of rotatable bonds is 7. The second-order valence-corrected chi connectivity index (χ2v) is 5.97. The summed E-state index contributed by atoms with van der Waals surface area (Å²) in [6, 6.07) is 11.0. The number of halogens is 1. The Balaban J connectivity index is 2.32. The number of nitro benzene ring substituents is 1. The van der Waals surface area contributed by atoms with Gasteiger partial charge in [-0.05, 0) is 13.0 Å². The highest BCUT2D eigenvalue weighted by Crippen LogP contribution is 2.20. The molecule has 0 aliphatic heterocycles. The zero-order valence-electron chi connectivity index (χ0n) is 15.0. The molecular weight excluding hydrogens is 353 g/mol. The average Bonchev–Trinajstić information content (AvgIpc) is 2.66. The van der Waals surface area contributed by atoms with Crippen LogP contribution in [-0.2, 0) is 22.6 Å². The fourth-order valence-electron chi connectivity index (χ4n) is 2.70. The van der Waals surface area contributed by atoms with E-state index in [0.717, 1.165) is 0 Å². The minimum atomic E-state index is -0.870. The van der Waals surface area contributed by atoms with Crippen molar-refractivity contribution in [3.05, 3.63) is 75.6 Å². The molecule has 0 saturated heterocycles. The number of para-hydroxylation sites is 1. The molecule has 0 saturated carbocycles. The maximum Gasteiger partial charge on any atom is 0.273 e. The van der Waals surface area contributed by atoms with E-state index in [1.165, 1.54) is 55.3 Å². The normalized spacial score (nSPS) is 11.5. The second kappa shape index (κ2) is 8.88. The van der Waals surface area contributed by atoms with Crippen LogP contribution >= 0.6 is 0 Å². The number of nitrogens with one attached hydrogen (secondary N) is 1. The van der Waals surface area contributed by atoms with Crippen LogP contribution in [0.4, 0.5) is 10.1 Å². The fraction of sp³-hybridized carbons (Fsp3) is 0.263. The van der Waals surface area contributed by atoms with Crippen molar-refractivity contribution in [2.24, 2.45) is 0 Å². The highest BCUT2D eigenvalue weighted by Gasteiger charge is 2.27. The lowest BCUT2D eigenvalue weighted by Gasteiger charge is -2.28. The van der Waals surface area contributed by atoms with Crippen molar-refractivity contribution in [3.63, 3.8) is 0 Å². The third-order valence-corrected chi connectivity index (χ3v) is 4.24. The van der Waals surface area contributed by atoms with E-state index in [9.17, 15) is 24.1 Å². The van der Waals surface area contributed by atoms with Crippen LogP contribution in [0.25, 0.3) is 0 Å². The SMILES string of the molecule is CNC(=O)[C@H](C)N(Cc1ccccc1F)C(=O)Cc1ccccc1[N+](=O)[O-]. The summed E-state index contributed by atoms with van der Waals surface area (Å²) in [5, 5.41) is 13.6. The summed E-state index contributed by atoms with van der Waals surface area (Å²) in [5.41, 5.74) is 0.309. The number of carbonyl (C=O) groups excluding carboxylic acids is 2. The number of likely N-dealkylation sites (N-methyl/N-ethyl adjacent to an activating group) is 1. The van der Waals surface area contributed by atoms with Crippen LogP contribution < -0.4 is 5.32 Å². The molecule has 142 valence electrons. The lowest BCUT2D eigenvalue weighted by molar-refractivity contribution is -0.385. The number of hydrogen-bond acceptors (Lipinski definition) is 4. The first-order chi connectivity index (χ1) is 12.8. The third-order valence-electron chi connectivity index (χ3n) is 4.24. The van der Waals surface area contributed by atoms with Gasteiger partial charge in [-0.15, -0.1) is 0 Å². The van der Waals surface area contributed by atoms with E-state index in [-0.39, 0.29) is 29.8 Å². The van der Waals surface area contributed by atoms with Gasteiger partial charge in [-0.2, -0.15) is 0 Å². The Bertz CT molecular complexity index is 856. The number of nitro groups is 1. The predicted octanol–water partition coefficient (Wildman–Crippen LogP) is 2.44. The van der Waals surface area contributed by atoms with Crippen molar-refractivity contribution in [1.29, 1.82) is 0 Å².